The summed E-state index contributed by atoms with van der Waals surface area (Å²) in [4.78, 5) is 0. The Labute approximate surface area is 147 Å². The van der Waals surface area contributed by atoms with Crippen molar-refractivity contribution >= 4 is 5.69 Å². The molecule has 2 rings (SSSR count). The second-order valence-corrected chi connectivity index (χ2v) is 7.30. The summed E-state index contributed by atoms with van der Waals surface area (Å²) >= 11 is 0. The van der Waals surface area contributed by atoms with Gasteiger partial charge in [0.25, 0.3) is 0 Å². The molecule has 0 aliphatic heterocycles. The Bertz CT molecular complexity index is 567. The summed E-state index contributed by atoms with van der Waals surface area (Å²) in [6.45, 7) is 9.48. The second kappa shape index (κ2) is 8.68. The van der Waals surface area contributed by atoms with Gasteiger partial charge in [0.1, 0.15) is 0 Å². The monoisotopic (exact) mass is 331 g/mol. The molecule has 1 aliphatic carbocycles. The highest BCUT2D eigenvalue weighted by molar-refractivity contribution is 5.54. The number of aliphatic hydroxyl groups is 1. The number of hydrogen-bond acceptors (Lipinski definition) is 3. The Hall–Kier alpha value is -1.32. The number of ether oxygens (including phenoxy) is 1. The van der Waals surface area contributed by atoms with Crippen molar-refractivity contribution in [3.8, 4) is 0 Å². The number of aryl methyl sites for hydroxylation is 1. The van der Waals surface area contributed by atoms with E-state index >= 15 is 0 Å². The lowest BCUT2D eigenvalue weighted by Gasteiger charge is -2.38. The van der Waals surface area contributed by atoms with Crippen LogP contribution in [-0.2, 0) is 4.74 Å². The maximum absolute atomic E-state index is 10.8. The quantitative estimate of drug-likeness (QED) is 0.734. The first-order valence-corrected chi connectivity index (χ1v) is 9.27. The summed E-state index contributed by atoms with van der Waals surface area (Å²) < 4.78 is 5.97. The number of benzene rings is 1. The van der Waals surface area contributed by atoms with Crippen LogP contribution in [-0.4, -0.2) is 23.9 Å². The van der Waals surface area contributed by atoms with Crippen LogP contribution in [0.15, 0.2) is 35.5 Å². The lowest BCUT2D eigenvalue weighted by atomic mass is 9.77. The van der Waals surface area contributed by atoms with Crippen molar-refractivity contribution in [3.05, 3.63) is 41.1 Å². The highest BCUT2D eigenvalue weighted by Gasteiger charge is 2.36. The predicted molar refractivity (Wildman–Crippen MR) is 101 cm³/mol. The number of rotatable bonds is 7. The molecule has 24 heavy (non-hydrogen) atoms. The van der Waals surface area contributed by atoms with Crippen LogP contribution in [0.3, 0.4) is 0 Å². The van der Waals surface area contributed by atoms with Crippen LogP contribution in [0.1, 0.15) is 58.4 Å². The standard InChI is InChI=1S/C21H33NO2/c1-5-16(2)20(22-19-12-7-6-10-17(19)3)14-24-15-21(23)13-9-8-11-18(21)4/h6-7,10,12,18,22-23H,5,8-9,11,13-15H2,1-4H3/t18?,21-/m0/s1. The smallest absolute Gasteiger partial charge is 0.0905 e. The molecule has 1 aromatic rings. The van der Waals surface area contributed by atoms with Gasteiger partial charge in [-0.05, 0) is 50.7 Å². The molecule has 2 N–H and O–H groups in total. The predicted octanol–water partition coefficient (Wildman–Crippen LogP) is 5.05. The van der Waals surface area contributed by atoms with E-state index < -0.39 is 5.60 Å². The fraction of sp³-hybridized carbons (Fsp3) is 0.619. The molecule has 0 spiro atoms. The van der Waals surface area contributed by atoms with Crippen molar-refractivity contribution in [1.29, 1.82) is 0 Å². The Morgan fingerprint density at radius 3 is 2.75 bits per heavy atom. The SMILES string of the molecule is CCC(C)=C(COC[C@@]1(O)CCCCC1C)Nc1ccccc1C. The number of anilines is 1. The first kappa shape index (κ1) is 19.0. The molecule has 1 saturated carbocycles. The summed E-state index contributed by atoms with van der Waals surface area (Å²) in [5, 5.41) is 14.4. The summed E-state index contributed by atoms with van der Waals surface area (Å²) in [5.74, 6) is 0.315. The maximum atomic E-state index is 10.8. The van der Waals surface area contributed by atoms with Gasteiger partial charge in [0.2, 0.25) is 0 Å². The van der Waals surface area contributed by atoms with Crippen LogP contribution in [0, 0.1) is 12.8 Å². The molecular weight excluding hydrogens is 298 g/mol. The van der Waals surface area contributed by atoms with E-state index in [4.69, 9.17) is 4.74 Å². The Kier molecular flexibility index (Phi) is 6.88. The van der Waals surface area contributed by atoms with E-state index in [1.165, 1.54) is 17.6 Å². The van der Waals surface area contributed by atoms with Crippen molar-refractivity contribution in [2.24, 2.45) is 5.92 Å². The van der Waals surface area contributed by atoms with Crippen LogP contribution in [0.5, 0.6) is 0 Å². The minimum absolute atomic E-state index is 0.315. The van der Waals surface area contributed by atoms with E-state index in [9.17, 15) is 5.11 Å². The number of allylic oxidation sites excluding steroid dienone is 1. The van der Waals surface area contributed by atoms with Crippen LogP contribution in [0.2, 0.25) is 0 Å². The molecule has 3 heteroatoms. The summed E-state index contributed by atoms with van der Waals surface area (Å²) in [7, 11) is 0. The molecule has 1 aliphatic rings. The first-order chi connectivity index (χ1) is 11.5. The molecule has 2 atom stereocenters. The van der Waals surface area contributed by atoms with Gasteiger partial charge in [-0.25, -0.2) is 0 Å². The lowest BCUT2D eigenvalue weighted by molar-refractivity contribution is -0.0965. The zero-order valence-electron chi connectivity index (χ0n) is 15.7. The summed E-state index contributed by atoms with van der Waals surface area (Å²) in [6.07, 6.45) is 5.25. The number of nitrogens with one attached hydrogen (secondary N) is 1. The molecule has 0 bridgehead atoms. The molecule has 3 nitrogen and oxygen atoms in total. The molecule has 0 aromatic heterocycles. The Balaban J connectivity index is 1.99. The highest BCUT2D eigenvalue weighted by atomic mass is 16.5. The average molecular weight is 332 g/mol. The Morgan fingerprint density at radius 2 is 2.08 bits per heavy atom. The highest BCUT2D eigenvalue weighted by Crippen LogP contribution is 2.33. The number of para-hydroxylation sites is 1. The van der Waals surface area contributed by atoms with Gasteiger partial charge in [0, 0.05) is 11.4 Å². The van der Waals surface area contributed by atoms with Gasteiger partial charge in [-0.3, -0.25) is 0 Å². The van der Waals surface area contributed by atoms with Gasteiger partial charge in [-0.15, -0.1) is 0 Å². The van der Waals surface area contributed by atoms with E-state index in [2.05, 4.69) is 45.1 Å². The molecular formula is C21H33NO2. The van der Waals surface area contributed by atoms with Gasteiger partial charge in [-0.1, -0.05) is 50.5 Å². The molecule has 0 amide bonds. The maximum Gasteiger partial charge on any atom is 0.0905 e. The largest absolute Gasteiger partial charge is 0.387 e. The summed E-state index contributed by atoms with van der Waals surface area (Å²) in [6, 6.07) is 8.29. The van der Waals surface area contributed by atoms with E-state index in [1.807, 2.05) is 12.1 Å². The third kappa shape index (κ3) is 4.84. The molecule has 0 heterocycles. The second-order valence-electron chi connectivity index (χ2n) is 7.30. The molecule has 1 unspecified atom stereocenters. The zero-order chi connectivity index (χ0) is 17.6. The van der Waals surface area contributed by atoms with Gasteiger partial charge in [-0.2, -0.15) is 0 Å². The number of hydrogen-bond donors (Lipinski definition) is 2. The lowest BCUT2D eigenvalue weighted by Crippen LogP contribution is -2.43. The van der Waals surface area contributed by atoms with Crippen LogP contribution >= 0.6 is 0 Å². The summed E-state index contributed by atoms with van der Waals surface area (Å²) in [5.41, 5.74) is 4.08. The van der Waals surface area contributed by atoms with Crippen LogP contribution in [0.25, 0.3) is 0 Å². The van der Waals surface area contributed by atoms with Gasteiger partial charge >= 0.3 is 0 Å². The van der Waals surface area contributed by atoms with Gasteiger partial charge in [0.05, 0.1) is 18.8 Å². The molecule has 1 aromatic carbocycles. The van der Waals surface area contributed by atoms with Crippen molar-refractivity contribution < 1.29 is 9.84 Å². The normalized spacial score (nSPS) is 25.3. The van der Waals surface area contributed by atoms with Crippen LogP contribution in [0.4, 0.5) is 5.69 Å². The molecule has 134 valence electrons. The third-order valence-corrected chi connectivity index (χ3v) is 5.49. The Morgan fingerprint density at radius 1 is 1.33 bits per heavy atom. The zero-order valence-corrected chi connectivity index (χ0v) is 15.7. The molecule has 1 fully saturated rings. The van der Waals surface area contributed by atoms with Crippen molar-refractivity contribution in [2.45, 2.75) is 65.4 Å². The van der Waals surface area contributed by atoms with E-state index in [-0.39, 0.29) is 0 Å². The minimum atomic E-state index is -0.661. The molecule has 0 radical (unpaired) electrons. The molecule has 0 saturated heterocycles. The third-order valence-electron chi connectivity index (χ3n) is 5.49. The van der Waals surface area contributed by atoms with E-state index in [0.29, 0.717) is 19.1 Å². The van der Waals surface area contributed by atoms with E-state index in [0.717, 1.165) is 37.1 Å². The van der Waals surface area contributed by atoms with Crippen molar-refractivity contribution in [3.63, 3.8) is 0 Å². The first-order valence-electron chi connectivity index (χ1n) is 9.27. The fourth-order valence-electron chi connectivity index (χ4n) is 3.30. The fourth-order valence-corrected chi connectivity index (χ4v) is 3.30. The van der Waals surface area contributed by atoms with Crippen molar-refractivity contribution in [1.82, 2.24) is 0 Å². The van der Waals surface area contributed by atoms with Crippen molar-refractivity contribution in [2.75, 3.05) is 18.5 Å². The average Bonchev–Trinajstić information content (AvgIpc) is 2.58. The topological polar surface area (TPSA) is 41.5 Å². The minimum Gasteiger partial charge on any atom is -0.387 e. The van der Waals surface area contributed by atoms with Gasteiger partial charge < -0.3 is 15.2 Å². The van der Waals surface area contributed by atoms with Crippen LogP contribution < -0.4 is 5.32 Å². The van der Waals surface area contributed by atoms with Gasteiger partial charge in [0.15, 0.2) is 0 Å². The van der Waals surface area contributed by atoms with E-state index in [1.54, 1.807) is 0 Å².